The number of aromatic nitrogens is 1. The Kier molecular flexibility index (Phi) is 6.88. The molecule has 1 aromatic heterocycles. The van der Waals surface area contributed by atoms with E-state index in [0.29, 0.717) is 6.04 Å². The number of benzene rings is 1. The molecule has 0 aliphatic carbocycles. The molecule has 0 fully saturated rings. The van der Waals surface area contributed by atoms with E-state index in [1.54, 1.807) is 0 Å². The first-order chi connectivity index (χ1) is 11.5. The normalized spacial score (nSPS) is 12.8. The maximum atomic E-state index is 6.25. The SMILES string of the molecule is CCN(CC)CCCC(C)Nc1c(C)cnc2cc(Cl)c(C)cc12. The van der Waals surface area contributed by atoms with Crippen molar-refractivity contribution in [3.8, 4) is 0 Å². The van der Waals surface area contributed by atoms with Crippen LogP contribution in [0.2, 0.25) is 5.02 Å². The van der Waals surface area contributed by atoms with E-state index in [0.717, 1.165) is 41.0 Å². The average molecular weight is 348 g/mol. The van der Waals surface area contributed by atoms with E-state index in [4.69, 9.17) is 11.6 Å². The second kappa shape index (κ2) is 8.68. The second-order valence-corrected chi connectivity index (χ2v) is 7.06. The van der Waals surface area contributed by atoms with Gasteiger partial charge in [-0.3, -0.25) is 4.98 Å². The first-order valence-electron chi connectivity index (χ1n) is 9.00. The fourth-order valence-electron chi connectivity index (χ4n) is 3.09. The molecular formula is C20H30ClN3. The molecule has 1 atom stereocenters. The molecule has 4 heteroatoms. The predicted octanol–water partition coefficient (Wildman–Crippen LogP) is 5.43. The van der Waals surface area contributed by atoms with Gasteiger partial charge < -0.3 is 10.2 Å². The molecule has 0 saturated carbocycles. The average Bonchev–Trinajstić information content (AvgIpc) is 2.56. The molecule has 3 nitrogen and oxygen atoms in total. The van der Waals surface area contributed by atoms with Crippen LogP contribution in [0.1, 0.15) is 44.7 Å². The predicted molar refractivity (Wildman–Crippen MR) is 106 cm³/mol. The van der Waals surface area contributed by atoms with Crippen LogP contribution in [0.3, 0.4) is 0 Å². The quantitative estimate of drug-likeness (QED) is 0.690. The highest BCUT2D eigenvalue weighted by atomic mass is 35.5. The van der Waals surface area contributed by atoms with Crippen LogP contribution in [0.25, 0.3) is 10.9 Å². The van der Waals surface area contributed by atoms with Crippen LogP contribution >= 0.6 is 11.6 Å². The molecule has 0 spiro atoms. The van der Waals surface area contributed by atoms with Crippen molar-refractivity contribution in [2.24, 2.45) is 0 Å². The van der Waals surface area contributed by atoms with Gasteiger partial charge in [0, 0.05) is 28.3 Å². The molecule has 0 bridgehead atoms. The van der Waals surface area contributed by atoms with E-state index >= 15 is 0 Å². The van der Waals surface area contributed by atoms with Crippen LogP contribution in [0.5, 0.6) is 0 Å². The van der Waals surface area contributed by atoms with Crippen LogP contribution < -0.4 is 5.32 Å². The third kappa shape index (κ3) is 4.61. The van der Waals surface area contributed by atoms with Crippen LogP contribution in [0.4, 0.5) is 5.69 Å². The summed E-state index contributed by atoms with van der Waals surface area (Å²) >= 11 is 6.25. The summed E-state index contributed by atoms with van der Waals surface area (Å²) in [5, 5.41) is 5.64. The highest BCUT2D eigenvalue weighted by Gasteiger charge is 2.11. The zero-order valence-electron chi connectivity index (χ0n) is 15.6. The Bertz CT molecular complexity index is 680. The third-order valence-corrected chi connectivity index (χ3v) is 5.14. The summed E-state index contributed by atoms with van der Waals surface area (Å²) in [6.45, 7) is 14.3. The number of halogens is 1. The van der Waals surface area contributed by atoms with E-state index in [-0.39, 0.29) is 0 Å². The van der Waals surface area contributed by atoms with E-state index < -0.39 is 0 Å². The van der Waals surface area contributed by atoms with Gasteiger partial charge >= 0.3 is 0 Å². The van der Waals surface area contributed by atoms with E-state index in [1.807, 2.05) is 19.2 Å². The monoisotopic (exact) mass is 347 g/mol. The Morgan fingerprint density at radius 2 is 1.88 bits per heavy atom. The molecule has 0 amide bonds. The molecule has 1 aromatic carbocycles. The van der Waals surface area contributed by atoms with Gasteiger partial charge in [0.25, 0.3) is 0 Å². The van der Waals surface area contributed by atoms with Crippen molar-refractivity contribution in [2.75, 3.05) is 25.0 Å². The number of nitrogens with one attached hydrogen (secondary N) is 1. The Labute approximate surface area is 151 Å². The molecule has 132 valence electrons. The topological polar surface area (TPSA) is 28.2 Å². The largest absolute Gasteiger partial charge is 0.382 e. The Morgan fingerprint density at radius 1 is 1.17 bits per heavy atom. The molecule has 0 aliphatic rings. The molecule has 1 unspecified atom stereocenters. The molecule has 2 aromatic rings. The summed E-state index contributed by atoms with van der Waals surface area (Å²) < 4.78 is 0. The Hall–Kier alpha value is -1.32. The van der Waals surface area contributed by atoms with Gasteiger partial charge in [0.15, 0.2) is 0 Å². The number of hydrogen-bond acceptors (Lipinski definition) is 3. The summed E-state index contributed by atoms with van der Waals surface area (Å²) in [4.78, 5) is 7.00. The van der Waals surface area contributed by atoms with Gasteiger partial charge in [-0.05, 0) is 76.5 Å². The summed E-state index contributed by atoms with van der Waals surface area (Å²) in [6, 6.07) is 4.53. The number of fused-ring (bicyclic) bond motifs is 1. The van der Waals surface area contributed by atoms with E-state index in [9.17, 15) is 0 Å². The van der Waals surface area contributed by atoms with Gasteiger partial charge in [0.1, 0.15) is 0 Å². The van der Waals surface area contributed by atoms with Gasteiger partial charge in [-0.15, -0.1) is 0 Å². The fourth-order valence-corrected chi connectivity index (χ4v) is 3.25. The van der Waals surface area contributed by atoms with Crippen molar-refractivity contribution < 1.29 is 0 Å². The van der Waals surface area contributed by atoms with Gasteiger partial charge in [-0.25, -0.2) is 0 Å². The van der Waals surface area contributed by atoms with Gasteiger partial charge in [0.2, 0.25) is 0 Å². The summed E-state index contributed by atoms with van der Waals surface area (Å²) in [7, 11) is 0. The summed E-state index contributed by atoms with van der Waals surface area (Å²) in [5.74, 6) is 0. The Morgan fingerprint density at radius 3 is 2.54 bits per heavy atom. The first kappa shape index (κ1) is 19.0. The number of hydrogen-bond donors (Lipinski definition) is 1. The highest BCUT2D eigenvalue weighted by Crippen LogP contribution is 2.30. The molecule has 1 N–H and O–H groups in total. The lowest BCUT2D eigenvalue weighted by Gasteiger charge is -2.22. The Balaban J connectivity index is 2.11. The van der Waals surface area contributed by atoms with Gasteiger partial charge in [0.05, 0.1) is 5.52 Å². The minimum atomic E-state index is 0.431. The maximum absolute atomic E-state index is 6.25. The standard InChI is InChI=1S/C20H30ClN3/c1-6-24(7-2)10-8-9-16(5)23-20-15(4)13-22-19-12-18(21)14(3)11-17(19)20/h11-13,16H,6-10H2,1-5H3,(H,22,23). The minimum Gasteiger partial charge on any atom is -0.382 e. The van der Waals surface area contributed by atoms with Crippen LogP contribution in [0, 0.1) is 13.8 Å². The smallest absolute Gasteiger partial charge is 0.0737 e. The zero-order valence-corrected chi connectivity index (χ0v) is 16.4. The van der Waals surface area contributed by atoms with Gasteiger partial charge in [-0.2, -0.15) is 0 Å². The second-order valence-electron chi connectivity index (χ2n) is 6.65. The van der Waals surface area contributed by atoms with Crippen molar-refractivity contribution in [1.82, 2.24) is 9.88 Å². The number of rotatable bonds is 8. The molecule has 24 heavy (non-hydrogen) atoms. The minimum absolute atomic E-state index is 0.431. The number of nitrogens with zero attached hydrogens (tertiary/aromatic N) is 2. The van der Waals surface area contributed by atoms with Crippen molar-refractivity contribution >= 4 is 28.2 Å². The number of anilines is 1. The van der Waals surface area contributed by atoms with Crippen LogP contribution in [-0.4, -0.2) is 35.6 Å². The summed E-state index contributed by atoms with van der Waals surface area (Å²) in [6.07, 6.45) is 4.30. The maximum Gasteiger partial charge on any atom is 0.0737 e. The first-order valence-corrected chi connectivity index (χ1v) is 9.38. The molecule has 0 radical (unpaired) electrons. The van der Waals surface area contributed by atoms with E-state index in [1.165, 1.54) is 24.2 Å². The highest BCUT2D eigenvalue weighted by molar-refractivity contribution is 6.32. The van der Waals surface area contributed by atoms with Gasteiger partial charge in [-0.1, -0.05) is 25.4 Å². The fraction of sp³-hybridized carbons (Fsp3) is 0.550. The molecule has 2 rings (SSSR count). The molecule has 1 heterocycles. The molecule has 0 saturated heterocycles. The van der Waals surface area contributed by atoms with Crippen LogP contribution in [0.15, 0.2) is 18.3 Å². The van der Waals surface area contributed by atoms with Crippen molar-refractivity contribution in [2.45, 2.75) is 53.5 Å². The number of pyridine rings is 1. The lowest BCUT2D eigenvalue weighted by molar-refractivity contribution is 0.295. The lowest BCUT2D eigenvalue weighted by Crippen LogP contribution is -2.25. The van der Waals surface area contributed by atoms with E-state index in [2.05, 4.69) is 49.0 Å². The van der Waals surface area contributed by atoms with Crippen molar-refractivity contribution in [3.63, 3.8) is 0 Å². The number of aryl methyl sites for hydroxylation is 2. The van der Waals surface area contributed by atoms with Crippen molar-refractivity contribution in [1.29, 1.82) is 0 Å². The summed E-state index contributed by atoms with van der Waals surface area (Å²) in [5.41, 5.74) is 4.41. The molecular weight excluding hydrogens is 318 g/mol. The van der Waals surface area contributed by atoms with Crippen LogP contribution in [-0.2, 0) is 0 Å². The third-order valence-electron chi connectivity index (χ3n) is 4.73. The van der Waals surface area contributed by atoms with Crippen molar-refractivity contribution in [3.05, 3.63) is 34.5 Å². The zero-order chi connectivity index (χ0) is 17.7. The lowest BCUT2D eigenvalue weighted by atomic mass is 10.1. The molecule has 0 aliphatic heterocycles.